The Morgan fingerprint density at radius 3 is 2.60 bits per heavy atom. The van der Waals surface area contributed by atoms with Gasteiger partial charge in [0, 0.05) is 16.2 Å². The van der Waals surface area contributed by atoms with Crippen molar-refractivity contribution >= 4 is 11.8 Å². The molecule has 0 saturated carbocycles. The summed E-state index contributed by atoms with van der Waals surface area (Å²) < 4.78 is 26.3. The predicted octanol–water partition coefficient (Wildman–Crippen LogP) is 3.57. The Morgan fingerprint density at radius 2 is 1.85 bits per heavy atom. The maximum atomic E-state index is 13.2. The monoisotopic (exact) mass is 289 g/mol. The Balaban J connectivity index is 2.16. The lowest BCUT2D eigenvalue weighted by Crippen LogP contribution is -1.95. The van der Waals surface area contributed by atoms with E-state index >= 15 is 0 Å². The van der Waals surface area contributed by atoms with Crippen molar-refractivity contribution < 1.29 is 8.78 Å². The second kappa shape index (κ2) is 7.09. The molecule has 2 aromatic carbocycles. The maximum absolute atomic E-state index is 13.2. The van der Waals surface area contributed by atoms with Gasteiger partial charge in [0.1, 0.15) is 11.6 Å². The molecule has 20 heavy (non-hydrogen) atoms. The van der Waals surface area contributed by atoms with Crippen LogP contribution in [-0.2, 0) is 5.75 Å². The average Bonchev–Trinajstić information content (AvgIpc) is 2.44. The van der Waals surface area contributed by atoms with Crippen molar-refractivity contribution in [1.29, 1.82) is 0 Å². The molecular formula is C16H13F2NS. The molecule has 0 atom stereocenters. The van der Waals surface area contributed by atoms with E-state index in [4.69, 9.17) is 5.73 Å². The second-order valence-corrected chi connectivity index (χ2v) is 5.10. The molecular weight excluding hydrogens is 276 g/mol. The van der Waals surface area contributed by atoms with Crippen molar-refractivity contribution in [2.24, 2.45) is 5.73 Å². The van der Waals surface area contributed by atoms with Crippen molar-refractivity contribution in [1.82, 2.24) is 0 Å². The third kappa shape index (κ3) is 4.09. The van der Waals surface area contributed by atoms with Gasteiger partial charge in [-0.25, -0.2) is 8.78 Å². The first-order chi connectivity index (χ1) is 9.69. The molecule has 2 aromatic rings. The molecule has 0 heterocycles. The van der Waals surface area contributed by atoms with E-state index in [-0.39, 0.29) is 18.2 Å². The van der Waals surface area contributed by atoms with E-state index in [1.165, 1.54) is 36.0 Å². The van der Waals surface area contributed by atoms with Crippen LogP contribution in [0.25, 0.3) is 0 Å². The van der Waals surface area contributed by atoms with Crippen LogP contribution < -0.4 is 5.73 Å². The van der Waals surface area contributed by atoms with Crippen molar-refractivity contribution in [3.63, 3.8) is 0 Å². The van der Waals surface area contributed by atoms with Crippen LogP contribution in [0.1, 0.15) is 11.1 Å². The molecule has 0 bridgehead atoms. The van der Waals surface area contributed by atoms with Crippen LogP contribution in [0.5, 0.6) is 0 Å². The lowest BCUT2D eigenvalue weighted by molar-refractivity contribution is 0.624. The quantitative estimate of drug-likeness (QED) is 0.690. The molecule has 0 aliphatic rings. The van der Waals surface area contributed by atoms with Gasteiger partial charge in [-0.05, 0) is 35.9 Å². The molecule has 4 heteroatoms. The molecule has 102 valence electrons. The van der Waals surface area contributed by atoms with Crippen LogP contribution in [0.3, 0.4) is 0 Å². The molecule has 0 aromatic heterocycles. The highest BCUT2D eigenvalue weighted by Crippen LogP contribution is 2.25. The van der Waals surface area contributed by atoms with E-state index in [0.29, 0.717) is 11.3 Å². The van der Waals surface area contributed by atoms with Crippen molar-refractivity contribution in [3.8, 4) is 11.8 Å². The van der Waals surface area contributed by atoms with Crippen LogP contribution in [0, 0.1) is 23.5 Å². The van der Waals surface area contributed by atoms with Crippen LogP contribution in [0.15, 0.2) is 47.4 Å². The molecule has 0 fully saturated rings. The molecule has 1 nitrogen and oxygen atoms in total. The Hall–Kier alpha value is -1.83. The van der Waals surface area contributed by atoms with Gasteiger partial charge in [-0.3, -0.25) is 0 Å². The summed E-state index contributed by atoms with van der Waals surface area (Å²) in [5, 5.41) is 0. The third-order valence-electron chi connectivity index (χ3n) is 2.59. The lowest BCUT2D eigenvalue weighted by atomic mass is 10.1. The summed E-state index contributed by atoms with van der Waals surface area (Å²) >= 11 is 1.48. The van der Waals surface area contributed by atoms with Crippen molar-refractivity contribution in [3.05, 3.63) is 65.2 Å². The fourth-order valence-corrected chi connectivity index (χ4v) is 2.60. The molecule has 0 unspecified atom stereocenters. The molecule has 2 N–H and O–H groups in total. The zero-order valence-corrected chi connectivity index (χ0v) is 11.5. The highest BCUT2D eigenvalue weighted by molar-refractivity contribution is 7.98. The smallest absolute Gasteiger partial charge is 0.124 e. The van der Waals surface area contributed by atoms with Gasteiger partial charge in [-0.1, -0.05) is 24.0 Å². The van der Waals surface area contributed by atoms with Gasteiger partial charge >= 0.3 is 0 Å². The SMILES string of the molecule is NCC#Cc1cc(F)ccc1CSc1cccc(F)c1. The zero-order chi connectivity index (χ0) is 14.4. The standard InChI is InChI=1S/C16H13F2NS/c17-14-4-1-5-16(10-14)20-11-13-6-7-15(18)9-12(13)3-2-8-19/h1,4-7,9-10H,8,11,19H2. The summed E-state index contributed by atoms with van der Waals surface area (Å²) in [6.07, 6.45) is 0. The Kier molecular flexibility index (Phi) is 5.16. The molecule has 0 spiro atoms. The van der Waals surface area contributed by atoms with E-state index < -0.39 is 0 Å². The van der Waals surface area contributed by atoms with E-state index in [2.05, 4.69) is 11.8 Å². The summed E-state index contributed by atoms with van der Waals surface area (Å²) in [6, 6.07) is 10.9. The first kappa shape index (κ1) is 14.6. The fraction of sp³-hybridized carbons (Fsp3) is 0.125. The maximum Gasteiger partial charge on any atom is 0.124 e. The summed E-state index contributed by atoms with van der Waals surface area (Å²) in [5.74, 6) is 5.58. The van der Waals surface area contributed by atoms with Gasteiger partial charge < -0.3 is 5.73 Å². The topological polar surface area (TPSA) is 26.0 Å². The summed E-state index contributed by atoms with van der Waals surface area (Å²) in [7, 11) is 0. The zero-order valence-electron chi connectivity index (χ0n) is 10.7. The second-order valence-electron chi connectivity index (χ2n) is 4.05. The molecule has 0 aliphatic carbocycles. The number of benzene rings is 2. The number of rotatable bonds is 3. The molecule has 2 rings (SSSR count). The fourth-order valence-electron chi connectivity index (χ4n) is 1.66. The Morgan fingerprint density at radius 1 is 1.05 bits per heavy atom. The highest BCUT2D eigenvalue weighted by atomic mass is 32.2. The van der Waals surface area contributed by atoms with Crippen LogP contribution in [-0.4, -0.2) is 6.54 Å². The molecule has 0 amide bonds. The largest absolute Gasteiger partial charge is 0.320 e. The Bertz CT molecular complexity index is 659. The number of hydrogen-bond donors (Lipinski definition) is 1. The van der Waals surface area contributed by atoms with E-state index in [9.17, 15) is 8.78 Å². The number of halogens is 2. The summed E-state index contributed by atoms with van der Waals surface area (Å²) in [4.78, 5) is 0.826. The third-order valence-corrected chi connectivity index (χ3v) is 3.63. The minimum absolute atomic E-state index is 0.229. The normalized spacial score (nSPS) is 9.95. The van der Waals surface area contributed by atoms with Crippen LogP contribution in [0.4, 0.5) is 8.78 Å². The molecule has 0 aliphatic heterocycles. The van der Waals surface area contributed by atoms with Gasteiger partial charge in [0.2, 0.25) is 0 Å². The van der Waals surface area contributed by atoms with Gasteiger partial charge in [0.05, 0.1) is 6.54 Å². The highest BCUT2D eigenvalue weighted by Gasteiger charge is 2.04. The van der Waals surface area contributed by atoms with E-state index in [1.54, 1.807) is 12.1 Å². The minimum atomic E-state index is -0.328. The first-order valence-electron chi connectivity index (χ1n) is 6.05. The van der Waals surface area contributed by atoms with E-state index in [0.717, 1.165) is 10.5 Å². The minimum Gasteiger partial charge on any atom is -0.320 e. The van der Waals surface area contributed by atoms with E-state index in [1.807, 2.05) is 6.07 Å². The van der Waals surface area contributed by atoms with Gasteiger partial charge in [0.15, 0.2) is 0 Å². The van der Waals surface area contributed by atoms with Crippen LogP contribution >= 0.6 is 11.8 Å². The lowest BCUT2D eigenvalue weighted by Gasteiger charge is -2.05. The first-order valence-corrected chi connectivity index (χ1v) is 7.03. The average molecular weight is 289 g/mol. The summed E-state index contributed by atoms with van der Waals surface area (Å²) in [5.41, 5.74) is 6.86. The van der Waals surface area contributed by atoms with Gasteiger partial charge in [-0.15, -0.1) is 11.8 Å². The summed E-state index contributed by atoms with van der Waals surface area (Å²) in [6.45, 7) is 0.229. The molecule has 0 radical (unpaired) electrons. The number of nitrogens with two attached hydrogens (primary N) is 1. The number of hydrogen-bond acceptors (Lipinski definition) is 2. The molecule has 0 saturated heterocycles. The van der Waals surface area contributed by atoms with Gasteiger partial charge in [0.25, 0.3) is 0 Å². The number of thioether (sulfide) groups is 1. The Labute approximate surface area is 121 Å². The van der Waals surface area contributed by atoms with Crippen molar-refractivity contribution in [2.45, 2.75) is 10.6 Å². The van der Waals surface area contributed by atoms with Crippen molar-refractivity contribution in [2.75, 3.05) is 6.54 Å². The van der Waals surface area contributed by atoms with Gasteiger partial charge in [-0.2, -0.15) is 0 Å². The van der Waals surface area contributed by atoms with Crippen LogP contribution in [0.2, 0.25) is 0 Å². The predicted molar refractivity (Wildman–Crippen MR) is 78.3 cm³/mol.